The van der Waals surface area contributed by atoms with Crippen molar-refractivity contribution in [2.24, 2.45) is 5.92 Å². The maximum Gasteiger partial charge on any atom is 0.333 e. The van der Waals surface area contributed by atoms with E-state index < -0.39 is 0 Å². The Bertz CT molecular complexity index is 476. The molecular weight excluding hydrogens is 288 g/mol. The Balaban J connectivity index is 2.07. The van der Waals surface area contributed by atoms with Gasteiger partial charge in [0.25, 0.3) is 0 Å². The number of nitro benzene ring substituents is 1. The standard InChI is InChI=1S/C15H22N2O3S/c1-2-8-20-14-5-3-4-13(15(14)17(18)19)16-11-12-6-9-21-10-7-12/h3-5,12,16H,2,6-11H2,1H3. The predicted molar refractivity (Wildman–Crippen MR) is 87.4 cm³/mol. The average Bonchev–Trinajstić information content (AvgIpc) is 2.51. The number of benzene rings is 1. The van der Waals surface area contributed by atoms with Crippen LogP contribution in [0.2, 0.25) is 0 Å². The minimum Gasteiger partial charge on any atom is -0.487 e. The number of hydrogen-bond acceptors (Lipinski definition) is 5. The molecule has 1 heterocycles. The van der Waals surface area contributed by atoms with Crippen LogP contribution in [-0.4, -0.2) is 29.6 Å². The summed E-state index contributed by atoms with van der Waals surface area (Å²) in [6, 6.07) is 5.22. The molecule has 21 heavy (non-hydrogen) atoms. The van der Waals surface area contributed by atoms with Crippen LogP contribution in [0.3, 0.4) is 0 Å². The lowest BCUT2D eigenvalue weighted by molar-refractivity contribution is -0.385. The molecule has 1 aromatic carbocycles. The van der Waals surface area contributed by atoms with Crippen molar-refractivity contribution >= 4 is 23.1 Å². The third kappa shape index (κ3) is 4.52. The van der Waals surface area contributed by atoms with Crippen LogP contribution in [0.15, 0.2) is 18.2 Å². The zero-order chi connectivity index (χ0) is 15.1. The maximum atomic E-state index is 11.3. The predicted octanol–water partition coefficient (Wildman–Crippen LogP) is 3.94. The van der Waals surface area contributed by atoms with Crippen LogP contribution >= 0.6 is 11.8 Å². The van der Waals surface area contributed by atoms with Gasteiger partial charge in [-0.2, -0.15) is 11.8 Å². The van der Waals surface area contributed by atoms with Crippen LogP contribution < -0.4 is 10.1 Å². The minimum absolute atomic E-state index is 0.0520. The summed E-state index contributed by atoms with van der Waals surface area (Å²) in [7, 11) is 0. The molecule has 116 valence electrons. The molecule has 5 nitrogen and oxygen atoms in total. The highest BCUT2D eigenvalue weighted by Crippen LogP contribution is 2.35. The SMILES string of the molecule is CCCOc1cccc(NCC2CCSCC2)c1[N+](=O)[O-]. The first-order valence-electron chi connectivity index (χ1n) is 7.44. The van der Waals surface area contributed by atoms with E-state index in [-0.39, 0.29) is 10.6 Å². The topological polar surface area (TPSA) is 64.4 Å². The number of anilines is 1. The van der Waals surface area contributed by atoms with E-state index >= 15 is 0 Å². The van der Waals surface area contributed by atoms with Gasteiger partial charge in [-0.25, -0.2) is 0 Å². The monoisotopic (exact) mass is 310 g/mol. The normalized spacial score (nSPS) is 15.7. The number of ether oxygens (including phenoxy) is 1. The Morgan fingerprint density at radius 2 is 2.19 bits per heavy atom. The molecule has 6 heteroatoms. The Labute approximate surface area is 129 Å². The highest BCUT2D eigenvalue weighted by atomic mass is 32.2. The fraction of sp³-hybridized carbons (Fsp3) is 0.600. The smallest absolute Gasteiger partial charge is 0.333 e. The molecule has 0 amide bonds. The minimum atomic E-state index is -0.357. The van der Waals surface area contributed by atoms with Crippen molar-refractivity contribution in [3.8, 4) is 5.75 Å². The van der Waals surface area contributed by atoms with Gasteiger partial charge in [-0.05, 0) is 48.8 Å². The van der Waals surface area contributed by atoms with E-state index in [1.165, 1.54) is 24.3 Å². The van der Waals surface area contributed by atoms with Crippen molar-refractivity contribution in [3.05, 3.63) is 28.3 Å². The summed E-state index contributed by atoms with van der Waals surface area (Å²) in [5.74, 6) is 3.33. The molecule has 0 bridgehead atoms. The molecule has 0 atom stereocenters. The molecule has 0 radical (unpaired) electrons. The average molecular weight is 310 g/mol. The van der Waals surface area contributed by atoms with E-state index in [0.717, 1.165) is 13.0 Å². The summed E-state index contributed by atoms with van der Waals surface area (Å²) in [4.78, 5) is 11.0. The van der Waals surface area contributed by atoms with Gasteiger partial charge < -0.3 is 10.1 Å². The highest BCUT2D eigenvalue weighted by Gasteiger charge is 2.22. The Hall–Kier alpha value is -1.43. The second kappa shape index (κ2) is 8.12. The van der Waals surface area contributed by atoms with Gasteiger partial charge in [0.05, 0.1) is 11.5 Å². The van der Waals surface area contributed by atoms with E-state index in [9.17, 15) is 10.1 Å². The fourth-order valence-electron chi connectivity index (χ4n) is 2.39. The van der Waals surface area contributed by atoms with Crippen molar-refractivity contribution in [2.45, 2.75) is 26.2 Å². The van der Waals surface area contributed by atoms with Crippen LogP contribution in [-0.2, 0) is 0 Å². The van der Waals surface area contributed by atoms with Crippen LogP contribution in [0.4, 0.5) is 11.4 Å². The largest absolute Gasteiger partial charge is 0.487 e. The summed E-state index contributed by atoms with van der Waals surface area (Å²) < 4.78 is 5.50. The van der Waals surface area contributed by atoms with Crippen LogP contribution in [0.25, 0.3) is 0 Å². The number of rotatable bonds is 7. The highest BCUT2D eigenvalue weighted by molar-refractivity contribution is 7.99. The quantitative estimate of drug-likeness (QED) is 0.610. The molecule has 1 saturated heterocycles. The second-order valence-corrected chi connectivity index (χ2v) is 6.42. The van der Waals surface area contributed by atoms with Crippen molar-refractivity contribution in [1.29, 1.82) is 0 Å². The summed E-state index contributed by atoms with van der Waals surface area (Å²) >= 11 is 1.98. The Morgan fingerprint density at radius 1 is 1.43 bits per heavy atom. The van der Waals surface area contributed by atoms with Gasteiger partial charge in [0, 0.05) is 6.54 Å². The van der Waals surface area contributed by atoms with E-state index in [1.807, 2.05) is 18.7 Å². The summed E-state index contributed by atoms with van der Waals surface area (Å²) in [6.07, 6.45) is 3.18. The van der Waals surface area contributed by atoms with Crippen LogP contribution in [0.5, 0.6) is 5.75 Å². The third-order valence-corrected chi connectivity index (χ3v) is 4.61. The van der Waals surface area contributed by atoms with Crippen molar-refractivity contribution in [2.75, 3.05) is 30.0 Å². The Morgan fingerprint density at radius 3 is 2.86 bits per heavy atom. The first kappa shape index (κ1) is 15.9. The van der Waals surface area contributed by atoms with Gasteiger partial charge in [0.1, 0.15) is 5.69 Å². The Kier molecular flexibility index (Phi) is 6.17. The third-order valence-electron chi connectivity index (χ3n) is 3.57. The molecule has 0 unspecified atom stereocenters. The number of nitrogens with zero attached hydrogens (tertiary/aromatic N) is 1. The molecule has 1 N–H and O–H groups in total. The van der Waals surface area contributed by atoms with Gasteiger partial charge in [0.2, 0.25) is 0 Å². The van der Waals surface area contributed by atoms with Crippen molar-refractivity contribution < 1.29 is 9.66 Å². The molecule has 0 aliphatic carbocycles. The number of thioether (sulfide) groups is 1. The van der Waals surface area contributed by atoms with Crippen molar-refractivity contribution in [3.63, 3.8) is 0 Å². The van der Waals surface area contributed by atoms with Gasteiger partial charge in [-0.15, -0.1) is 0 Å². The lowest BCUT2D eigenvalue weighted by atomic mass is 10.0. The lowest BCUT2D eigenvalue weighted by Crippen LogP contribution is -2.19. The summed E-state index contributed by atoms with van der Waals surface area (Å²) in [5, 5.41) is 14.6. The summed E-state index contributed by atoms with van der Waals surface area (Å²) in [5.41, 5.74) is 0.614. The zero-order valence-corrected chi connectivity index (χ0v) is 13.2. The van der Waals surface area contributed by atoms with Gasteiger partial charge in [-0.3, -0.25) is 10.1 Å². The number of nitro groups is 1. The van der Waals surface area contributed by atoms with Crippen LogP contribution in [0.1, 0.15) is 26.2 Å². The molecule has 0 spiro atoms. The molecular formula is C15H22N2O3S. The molecule has 1 aromatic rings. The van der Waals surface area contributed by atoms with E-state index in [2.05, 4.69) is 5.32 Å². The van der Waals surface area contributed by atoms with E-state index in [4.69, 9.17) is 4.74 Å². The maximum absolute atomic E-state index is 11.3. The summed E-state index contributed by atoms with van der Waals surface area (Å²) in [6.45, 7) is 3.26. The van der Waals surface area contributed by atoms with Gasteiger partial charge in [0.15, 0.2) is 5.75 Å². The van der Waals surface area contributed by atoms with Gasteiger partial charge >= 0.3 is 5.69 Å². The van der Waals surface area contributed by atoms with E-state index in [1.54, 1.807) is 18.2 Å². The molecule has 1 aliphatic rings. The van der Waals surface area contributed by atoms with E-state index in [0.29, 0.717) is 24.0 Å². The van der Waals surface area contributed by atoms with Gasteiger partial charge in [-0.1, -0.05) is 13.0 Å². The number of para-hydroxylation sites is 1. The lowest BCUT2D eigenvalue weighted by Gasteiger charge is -2.22. The fourth-order valence-corrected chi connectivity index (χ4v) is 3.59. The van der Waals surface area contributed by atoms with Crippen molar-refractivity contribution in [1.82, 2.24) is 0 Å². The zero-order valence-electron chi connectivity index (χ0n) is 12.3. The first-order valence-corrected chi connectivity index (χ1v) is 8.59. The molecule has 0 aromatic heterocycles. The molecule has 2 rings (SSSR count). The molecule has 0 saturated carbocycles. The van der Waals surface area contributed by atoms with Crippen LogP contribution in [0, 0.1) is 16.0 Å². The second-order valence-electron chi connectivity index (χ2n) is 5.19. The number of nitrogens with one attached hydrogen (secondary N) is 1. The number of hydrogen-bond donors (Lipinski definition) is 1. The molecule has 1 fully saturated rings. The molecule has 1 aliphatic heterocycles. The first-order chi connectivity index (χ1) is 10.2.